The lowest BCUT2D eigenvalue weighted by atomic mass is 10.1. The van der Waals surface area contributed by atoms with Crippen molar-refractivity contribution in [2.24, 2.45) is 0 Å². The Hall–Kier alpha value is 0.800. The van der Waals surface area contributed by atoms with E-state index in [-0.39, 0.29) is 3.92 Å². The van der Waals surface area contributed by atoms with Gasteiger partial charge in [-0.3, -0.25) is 0 Å². The van der Waals surface area contributed by atoms with Crippen LogP contribution in [-0.4, -0.2) is 18.6 Å². The number of aliphatic hydroxyl groups excluding tert-OH is 1. The molecule has 0 fully saturated rings. The highest BCUT2D eigenvalue weighted by molar-refractivity contribution is 14.1. The topological polar surface area (TPSA) is 40.5 Å². The van der Waals surface area contributed by atoms with E-state index < -0.39 is 5.95 Å². The van der Waals surface area contributed by atoms with Crippen LogP contribution in [0, 0.1) is 0 Å². The van der Waals surface area contributed by atoms with Gasteiger partial charge in [-0.05, 0) is 17.3 Å². The van der Waals surface area contributed by atoms with Gasteiger partial charge >= 0.3 is 0 Å². The largest absolute Gasteiger partial charge is 0.481 e. The molecular weight excluding hydrogens is 382 g/mol. The second kappa shape index (κ2) is 8.40. The second-order valence-corrected chi connectivity index (χ2v) is 5.26. The van der Waals surface area contributed by atoms with Crippen molar-refractivity contribution in [3.8, 4) is 0 Å². The van der Waals surface area contributed by atoms with Gasteiger partial charge in [0, 0.05) is 10.0 Å². The molecule has 72 valence electrons. The monoisotopic (exact) mass is 396 g/mol. The molecular formula is C8H14I2O2. The maximum Gasteiger partial charge on any atom is 0.270 e. The molecule has 0 aromatic heterocycles. The molecule has 0 radical (unpaired) electrons. The van der Waals surface area contributed by atoms with Crippen LogP contribution in [0.2, 0.25) is 0 Å². The second-order valence-electron chi connectivity index (χ2n) is 2.58. The van der Waals surface area contributed by atoms with Gasteiger partial charge in [0.25, 0.3) is 5.95 Å². The summed E-state index contributed by atoms with van der Waals surface area (Å²) in [5.74, 6) is -0.553. The van der Waals surface area contributed by atoms with Crippen LogP contribution in [0.1, 0.15) is 25.7 Å². The fourth-order valence-electron chi connectivity index (χ4n) is 0.856. The summed E-state index contributed by atoms with van der Waals surface area (Å²) in [6.07, 6.45) is 6.17. The minimum atomic E-state index is -0.553. The lowest BCUT2D eigenvalue weighted by Crippen LogP contribution is -1.95. The van der Waals surface area contributed by atoms with E-state index >= 15 is 0 Å². The van der Waals surface area contributed by atoms with Crippen molar-refractivity contribution in [3.05, 3.63) is 12.0 Å². The number of halogens is 2. The smallest absolute Gasteiger partial charge is 0.270 e. The first-order chi connectivity index (χ1) is 5.66. The molecule has 0 bridgehead atoms. The molecule has 0 rings (SSSR count). The zero-order valence-corrected chi connectivity index (χ0v) is 11.2. The SMILES string of the molecule is OC(O)=CC(I)CCCCCI. The Bertz CT molecular complexity index is 133. The van der Waals surface area contributed by atoms with E-state index in [0.29, 0.717) is 0 Å². The van der Waals surface area contributed by atoms with Gasteiger partial charge in [-0.25, -0.2) is 0 Å². The molecule has 0 aliphatic rings. The van der Waals surface area contributed by atoms with Crippen molar-refractivity contribution >= 4 is 45.2 Å². The van der Waals surface area contributed by atoms with Crippen molar-refractivity contribution in [2.45, 2.75) is 29.6 Å². The van der Waals surface area contributed by atoms with Crippen molar-refractivity contribution in [1.29, 1.82) is 0 Å². The summed E-state index contributed by atoms with van der Waals surface area (Å²) in [4.78, 5) is 0. The molecule has 1 atom stereocenters. The molecule has 0 aromatic rings. The first kappa shape index (κ1) is 12.8. The fraction of sp³-hybridized carbons (Fsp3) is 0.750. The van der Waals surface area contributed by atoms with Gasteiger partial charge in [-0.15, -0.1) is 0 Å². The number of allylic oxidation sites excluding steroid dienone is 1. The first-order valence-corrected chi connectivity index (χ1v) is 6.73. The molecule has 0 aliphatic carbocycles. The van der Waals surface area contributed by atoms with Crippen molar-refractivity contribution < 1.29 is 10.2 Å². The van der Waals surface area contributed by atoms with Crippen LogP contribution < -0.4 is 0 Å². The maximum atomic E-state index is 8.54. The van der Waals surface area contributed by atoms with Crippen molar-refractivity contribution in [2.75, 3.05) is 4.43 Å². The molecule has 4 heteroatoms. The minimum absolute atomic E-state index is 0.252. The molecule has 0 aromatic carbocycles. The van der Waals surface area contributed by atoms with Crippen LogP contribution in [-0.2, 0) is 0 Å². The third kappa shape index (κ3) is 8.89. The Balaban J connectivity index is 3.32. The van der Waals surface area contributed by atoms with Crippen LogP contribution in [0.4, 0.5) is 0 Å². The van der Waals surface area contributed by atoms with E-state index in [1.165, 1.54) is 29.8 Å². The molecule has 1 unspecified atom stereocenters. The molecule has 0 aliphatic heterocycles. The summed E-state index contributed by atoms with van der Waals surface area (Å²) in [5.41, 5.74) is 0. The lowest BCUT2D eigenvalue weighted by molar-refractivity contribution is 0.189. The number of hydrogen-bond donors (Lipinski definition) is 2. The average Bonchev–Trinajstić information content (AvgIpc) is 1.97. The fourth-order valence-corrected chi connectivity index (χ4v) is 2.16. The summed E-state index contributed by atoms with van der Waals surface area (Å²) in [5, 5.41) is 17.1. The molecule has 0 spiro atoms. The number of unbranched alkanes of at least 4 members (excludes halogenated alkanes) is 2. The van der Waals surface area contributed by atoms with Gasteiger partial charge in [0.2, 0.25) is 0 Å². The number of aliphatic hydroxyl groups is 2. The third-order valence-corrected chi connectivity index (χ3v) is 3.19. The normalized spacial score (nSPS) is 12.5. The maximum absolute atomic E-state index is 8.54. The van der Waals surface area contributed by atoms with E-state index in [1.54, 1.807) is 0 Å². The van der Waals surface area contributed by atoms with Crippen LogP contribution in [0.5, 0.6) is 0 Å². The summed E-state index contributed by atoms with van der Waals surface area (Å²) < 4.78 is 1.46. The number of hydrogen-bond acceptors (Lipinski definition) is 2. The van der Waals surface area contributed by atoms with E-state index in [0.717, 1.165) is 6.42 Å². The van der Waals surface area contributed by atoms with Gasteiger partial charge in [-0.2, -0.15) is 0 Å². The van der Waals surface area contributed by atoms with Crippen LogP contribution in [0.3, 0.4) is 0 Å². The Labute approximate surface area is 101 Å². The molecule has 0 amide bonds. The summed E-state index contributed by atoms with van der Waals surface area (Å²) in [6, 6.07) is 0. The standard InChI is InChI=1S/C8H14I2O2/c9-5-3-1-2-4-7(10)6-8(11)12/h6-7,11-12H,1-5H2. The molecule has 0 heterocycles. The van der Waals surface area contributed by atoms with E-state index in [9.17, 15) is 0 Å². The summed E-state index contributed by atoms with van der Waals surface area (Å²) >= 11 is 4.58. The molecule has 0 saturated carbocycles. The quantitative estimate of drug-likeness (QED) is 0.311. The van der Waals surface area contributed by atoms with E-state index in [2.05, 4.69) is 45.2 Å². The van der Waals surface area contributed by atoms with E-state index in [1.807, 2.05) is 0 Å². The first-order valence-electron chi connectivity index (χ1n) is 3.96. The minimum Gasteiger partial charge on any atom is -0.481 e. The van der Waals surface area contributed by atoms with Crippen molar-refractivity contribution in [1.82, 2.24) is 0 Å². The zero-order chi connectivity index (χ0) is 9.40. The molecule has 12 heavy (non-hydrogen) atoms. The predicted molar refractivity (Wildman–Crippen MR) is 68.5 cm³/mol. The van der Waals surface area contributed by atoms with Crippen LogP contribution in [0.15, 0.2) is 12.0 Å². The van der Waals surface area contributed by atoms with Gasteiger partial charge in [0.15, 0.2) is 0 Å². The number of rotatable bonds is 6. The Morgan fingerprint density at radius 3 is 2.42 bits per heavy atom. The van der Waals surface area contributed by atoms with Gasteiger partial charge in [0.05, 0.1) is 0 Å². The highest BCUT2D eigenvalue weighted by Gasteiger charge is 2.00. The summed E-state index contributed by atoms with van der Waals surface area (Å²) in [7, 11) is 0. The van der Waals surface area contributed by atoms with Gasteiger partial charge in [-0.1, -0.05) is 58.0 Å². The Morgan fingerprint density at radius 2 is 1.92 bits per heavy atom. The van der Waals surface area contributed by atoms with E-state index in [4.69, 9.17) is 10.2 Å². The zero-order valence-electron chi connectivity index (χ0n) is 6.84. The lowest BCUT2D eigenvalue weighted by Gasteiger charge is -2.02. The third-order valence-electron chi connectivity index (χ3n) is 1.44. The number of alkyl halides is 2. The highest BCUT2D eigenvalue weighted by atomic mass is 127. The van der Waals surface area contributed by atoms with Crippen LogP contribution >= 0.6 is 45.2 Å². The average molecular weight is 396 g/mol. The Morgan fingerprint density at radius 1 is 1.25 bits per heavy atom. The van der Waals surface area contributed by atoms with Gasteiger partial charge < -0.3 is 10.2 Å². The molecule has 2 N–H and O–H groups in total. The highest BCUT2D eigenvalue weighted by Crippen LogP contribution is 2.14. The molecule has 2 nitrogen and oxygen atoms in total. The van der Waals surface area contributed by atoms with Crippen LogP contribution in [0.25, 0.3) is 0 Å². The van der Waals surface area contributed by atoms with Gasteiger partial charge in [0.1, 0.15) is 0 Å². The predicted octanol–water partition coefficient (Wildman–Crippen LogP) is 3.74. The van der Waals surface area contributed by atoms with Crippen molar-refractivity contribution in [3.63, 3.8) is 0 Å². The Kier molecular flexibility index (Phi) is 8.96. The summed E-state index contributed by atoms with van der Waals surface area (Å²) in [6.45, 7) is 0. The molecule has 0 saturated heterocycles.